The van der Waals surface area contributed by atoms with E-state index in [9.17, 15) is 0 Å². The highest BCUT2D eigenvalue weighted by atomic mass is 35.5. The van der Waals surface area contributed by atoms with Gasteiger partial charge < -0.3 is 9.72 Å². The molecule has 0 saturated carbocycles. The number of H-pyrrole nitrogens is 1. The Balaban J connectivity index is 1.62. The summed E-state index contributed by atoms with van der Waals surface area (Å²) >= 11 is 7.82. The number of aromatic amines is 1. The maximum Gasteiger partial charge on any atom is 0.236 e. The molecule has 0 fully saturated rings. The molecule has 0 aliphatic carbocycles. The highest BCUT2D eigenvalue weighted by molar-refractivity contribution is 8.00. The van der Waals surface area contributed by atoms with Crippen molar-refractivity contribution < 1.29 is 4.74 Å². The first-order valence-corrected chi connectivity index (χ1v) is 10.6. The number of nitrogens with one attached hydrogen (secondary N) is 2. The van der Waals surface area contributed by atoms with Gasteiger partial charge in [-0.1, -0.05) is 17.7 Å². The maximum absolute atomic E-state index is 8.86. The molecule has 4 aromatic rings. The molecule has 0 saturated heterocycles. The summed E-state index contributed by atoms with van der Waals surface area (Å²) in [6, 6.07) is 7.68. The minimum atomic E-state index is 0.382. The first-order valence-electron chi connectivity index (χ1n) is 9.40. The van der Waals surface area contributed by atoms with E-state index in [-0.39, 0.29) is 0 Å². The lowest BCUT2D eigenvalue weighted by molar-refractivity contribution is 0.391. The molecule has 0 radical (unpaired) electrons. The zero-order chi connectivity index (χ0) is 21.8. The molecule has 0 aliphatic heterocycles. The molecule has 10 heteroatoms. The lowest BCUT2D eigenvalue weighted by atomic mass is 10.1. The van der Waals surface area contributed by atoms with E-state index >= 15 is 0 Å². The summed E-state index contributed by atoms with van der Waals surface area (Å²) in [6.45, 7) is 1.88. The molecule has 3 aromatic heterocycles. The Morgan fingerprint density at radius 3 is 2.81 bits per heavy atom. The molecule has 3 heterocycles. The number of hydrogen-bond acceptors (Lipinski definition) is 8. The predicted molar refractivity (Wildman–Crippen MR) is 121 cm³/mol. The van der Waals surface area contributed by atoms with Gasteiger partial charge in [-0.05, 0) is 37.4 Å². The van der Waals surface area contributed by atoms with Crippen molar-refractivity contribution in [1.29, 1.82) is 5.26 Å². The van der Waals surface area contributed by atoms with Gasteiger partial charge in [-0.2, -0.15) is 10.2 Å². The molecule has 0 unspecified atom stereocenters. The third-order valence-electron chi connectivity index (χ3n) is 4.67. The number of nitriles is 1. The van der Waals surface area contributed by atoms with Gasteiger partial charge in [0.15, 0.2) is 5.82 Å². The summed E-state index contributed by atoms with van der Waals surface area (Å²) in [5, 5.41) is 10.4. The van der Waals surface area contributed by atoms with E-state index in [1.54, 1.807) is 25.6 Å². The van der Waals surface area contributed by atoms with Crippen molar-refractivity contribution in [3.63, 3.8) is 0 Å². The average Bonchev–Trinajstić information content (AvgIpc) is 3.20. The molecule has 0 atom stereocenters. The summed E-state index contributed by atoms with van der Waals surface area (Å²) < 4.78 is 8.58. The van der Waals surface area contributed by atoms with Crippen LogP contribution >= 0.6 is 23.5 Å². The zero-order valence-corrected chi connectivity index (χ0v) is 18.4. The maximum atomic E-state index is 8.86. The van der Waals surface area contributed by atoms with Crippen LogP contribution in [0.2, 0.25) is 5.02 Å². The summed E-state index contributed by atoms with van der Waals surface area (Å²) in [5.41, 5.74) is 3.22. The molecule has 0 bridgehead atoms. The number of nitrogens with zero attached hydrogens (tertiary/aromatic N) is 5. The summed E-state index contributed by atoms with van der Waals surface area (Å²) in [7, 11) is 1.56. The van der Waals surface area contributed by atoms with E-state index < -0.39 is 0 Å². The van der Waals surface area contributed by atoms with Gasteiger partial charge in [0.05, 0.1) is 34.2 Å². The van der Waals surface area contributed by atoms with E-state index in [0.717, 1.165) is 32.6 Å². The molecule has 0 spiro atoms. The zero-order valence-electron chi connectivity index (χ0n) is 16.8. The van der Waals surface area contributed by atoms with Crippen LogP contribution in [0.25, 0.3) is 22.3 Å². The predicted octanol–water partition coefficient (Wildman–Crippen LogP) is 4.96. The van der Waals surface area contributed by atoms with E-state index in [0.29, 0.717) is 35.5 Å². The van der Waals surface area contributed by atoms with Gasteiger partial charge in [0.25, 0.3) is 0 Å². The number of halogens is 1. The van der Waals surface area contributed by atoms with Crippen molar-refractivity contribution in [3.8, 4) is 23.3 Å². The van der Waals surface area contributed by atoms with Crippen LogP contribution in [0.5, 0.6) is 5.88 Å². The Hall–Kier alpha value is -3.35. The fraction of sp³-hybridized carbons (Fsp3) is 0.190. The van der Waals surface area contributed by atoms with Crippen LogP contribution in [0, 0.1) is 18.3 Å². The van der Waals surface area contributed by atoms with Crippen LogP contribution in [0.15, 0.2) is 41.7 Å². The Kier molecular flexibility index (Phi) is 6.21. The van der Waals surface area contributed by atoms with Crippen LogP contribution < -0.4 is 9.46 Å². The van der Waals surface area contributed by atoms with Crippen molar-refractivity contribution in [2.24, 2.45) is 0 Å². The van der Waals surface area contributed by atoms with Gasteiger partial charge in [0.2, 0.25) is 11.8 Å². The molecule has 31 heavy (non-hydrogen) atoms. The monoisotopic (exact) mass is 451 g/mol. The lowest BCUT2D eigenvalue weighted by Crippen LogP contribution is -2.04. The molecule has 8 nitrogen and oxygen atoms in total. The second-order valence-electron chi connectivity index (χ2n) is 6.55. The second-order valence-corrected chi connectivity index (χ2v) is 7.81. The van der Waals surface area contributed by atoms with Crippen molar-refractivity contribution >= 4 is 40.4 Å². The Bertz CT molecular complexity index is 1270. The Morgan fingerprint density at radius 2 is 2.06 bits per heavy atom. The van der Waals surface area contributed by atoms with Crippen molar-refractivity contribution in [3.05, 3.63) is 53.1 Å². The molecule has 1 aromatic carbocycles. The highest BCUT2D eigenvalue weighted by Crippen LogP contribution is 2.37. The minimum absolute atomic E-state index is 0.382. The number of rotatable bonds is 7. The SMILES string of the molecule is COc1nc(NSc2c[nH]c3c(-c4ncccn4)c(Cl)ccc23)nc(C)c1CCC#N. The highest BCUT2D eigenvalue weighted by Gasteiger charge is 2.16. The summed E-state index contributed by atoms with van der Waals surface area (Å²) in [5.74, 6) is 1.45. The van der Waals surface area contributed by atoms with Crippen LogP contribution in [-0.2, 0) is 6.42 Å². The summed E-state index contributed by atoms with van der Waals surface area (Å²) in [4.78, 5) is 21.8. The van der Waals surface area contributed by atoms with Crippen molar-refractivity contribution in [2.75, 3.05) is 11.8 Å². The number of benzene rings is 1. The van der Waals surface area contributed by atoms with Gasteiger partial charge in [-0.3, -0.25) is 4.72 Å². The lowest BCUT2D eigenvalue weighted by Gasteiger charge is -2.11. The fourth-order valence-electron chi connectivity index (χ4n) is 3.23. The number of aryl methyl sites for hydroxylation is 1. The van der Waals surface area contributed by atoms with Crippen molar-refractivity contribution in [2.45, 2.75) is 24.7 Å². The summed E-state index contributed by atoms with van der Waals surface area (Å²) in [6.07, 6.45) is 6.19. The first kappa shape index (κ1) is 20.9. The topological polar surface area (TPSA) is 112 Å². The standard InChI is InChI=1S/C21H18ClN7OS/c1-12-13(5-3-8-23)20(30-2)28-21(27-12)29-31-16-11-26-18-14(16)6-7-15(22)17(18)19-24-9-4-10-25-19/h4,6-7,9-11,26H,3,5H2,1-2H3,(H,27,28,29). The first-order chi connectivity index (χ1) is 15.1. The van der Waals surface area contributed by atoms with Crippen LogP contribution in [0.4, 0.5) is 5.95 Å². The normalized spacial score (nSPS) is 10.8. The molecular weight excluding hydrogens is 434 g/mol. The number of fused-ring (bicyclic) bond motifs is 1. The fourth-order valence-corrected chi connectivity index (χ4v) is 4.17. The molecule has 156 valence electrons. The smallest absolute Gasteiger partial charge is 0.236 e. The van der Waals surface area contributed by atoms with E-state index in [1.807, 2.05) is 25.3 Å². The quantitative estimate of drug-likeness (QED) is 0.379. The van der Waals surface area contributed by atoms with Gasteiger partial charge in [0.1, 0.15) is 0 Å². The van der Waals surface area contributed by atoms with Crippen molar-refractivity contribution in [1.82, 2.24) is 24.9 Å². The van der Waals surface area contributed by atoms with E-state index in [2.05, 4.69) is 35.7 Å². The Morgan fingerprint density at radius 1 is 1.26 bits per heavy atom. The van der Waals surface area contributed by atoms with Gasteiger partial charge in [-0.15, -0.1) is 0 Å². The van der Waals surface area contributed by atoms with Crippen LogP contribution in [0.3, 0.4) is 0 Å². The third-order valence-corrected chi connectivity index (χ3v) is 5.82. The van der Waals surface area contributed by atoms with Gasteiger partial charge in [0, 0.05) is 41.7 Å². The van der Waals surface area contributed by atoms with Crippen LogP contribution in [-0.4, -0.2) is 32.0 Å². The Labute approximate surface area is 188 Å². The molecule has 4 rings (SSSR count). The molecule has 2 N–H and O–H groups in total. The minimum Gasteiger partial charge on any atom is -0.481 e. The van der Waals surface area contributed by atoms with E-state index in [4.69, 9.17) is 21.6 Å². The third kappa shape index (κ3) is 4.26. The number of methoxy groups -OCH3 is 1. The van der Waals surface area contributed by atoms with Crippen LogP contribution in [0.1, 0.15) is 17.7 Å². The second kappa shape index (κ2) is 9.20. The molecule has 0 aliphatic rings. The number of hydrogen-bond donors (Lipinski definition) is 2. The number of aromatic nitrogens is 5. The molecular formula is C21H18ClN7OS. The van der Waals surface area contributed by atoms with E-state index in [1.165, 1.54) is 11.9 Å². The average molecular weight is 452 g/mol. The van der Waals surface area contributed by atoms with Gasteiger partial charge >= 0.3 is 0 Å². The van der Waals surface area contributed by atoms with Gasteiger partial charge in [-0.25, -0.2) is 15.0 Å². The number of ether oxygens (including phenoxy) is 1. The number of anilines is 1. The molecule has 0 amide bonds. The largest absolute Gasteiger partial charge is 0.481 e.